The molecule has 4 rings (SSSR count). The van der Waals surface area contributed by atoms with Crippen molar-refractivity contribution in [1.29, 1.82) is 0 Å². The first-order chi connectivity index (χ1) is 16.0. The Morgan fingerprint density at radius 3 is 2.53 bits per heavy atom. The van der Waals surface area contributed by atoms with Crippen molar-refractivity contribution < 1.29 is 18.4 Å². The van der Waals surface area contributed by atoms with Crippen LogP contribution in [0.15, 0.2) is 42.5 Å². The van der Waals surface area contributed by atoms with Gasteiger partial charge < -0.3 is 16.4 Å². The molecule has 34 heavy (non-hydrogen) atoms. The molecule has 1 aliphatic heterocycles. The number of nitrogens with zero attached hydrogens (tertiary/aromatic N) is 2. The van der Waals surface area contributed by atoms with Crippen LogP contribution in [0, 0.1) is 11.6 Å². The molecule has 0 spiro atoms. The van der Waals surface area contributed by atoms with Crippen molar-refractivity contribution in [3.8, 4) is 5.69 Å². The number of primary amides is 1. The van der Waals surface area contributed by atoms with Crippen molar-refractivity contribution in [3.05, 3.63) is 70.9 Å². The maximum atomic E-state index is 14.0. The molecule has 8 nitrogen and oxygen atoms in total. The molecule has 3 amide bonds. The molecule has 178 valence electrons. The number of urea groups is 1. The van der Waals surface area contributed by atoms with Gasteiger partial charge in [0.25, 0.3) is 0 Å². The minimum absolute atomic E-state index is 0.148. The third-order valence-corrected chi connectivity index (χ3v) is 5.64. The van der Waals surface area contributed by atoms with Crippen molar-refractivity contribution in [2.45, 2.75) is 45.2 Å². The van der Waals surface area contributed by atoms with Crippen LogP contribution in [0.5, 0.6) is 0 Å². The van der Waals surface area contributed by atoms with Gasteiger partial charge in [0.05, 0.1) is 23.1 Å². The van der Waals surface area contributed by atoms with Crippen LogP contribution >= 0.6 is 0 Å². The smallest absolute Gasteiger partial charge is 0.324 e. The topological polar surface area (TPSA) is 114 Å². The average Bonchev–Trinajstić information content (AvgIpc) is 3.19. The molecule has 5 N–H and O–H groups in total. The average molecular weight is 469 g/mol. The normalized spacial score (nSPS) is 15.5. The first-order valence-corrected chi connectivity index (χ1v) is 10.8. The number of benzene rings is 2. The predicted molar refractivity (Wildman–Crippen MR) is 125 cm³/mol. The number of halogens is 2. The number of hydrogen-bond acceptors (Lipinski definition) is 4. The van der Waals surface area contributed by atoms with E-state index in [9.17, 15) is 18.4 Å². The first-order valence-electron chi connectivity index (χ1n) is 10.8. The van der Waals surface area contributed by atoms with Crippen LogP contribution < -0.4 is 21.7 Å². The van der Waals surface area contributed by atoms with E-state index < -0.39 is 29.6 Å². The van der Waals surface area contributed by atoms with Crippen molar-refractivity contribution in [1.82, 2.24) is 15.1 Å². The molecular weight excluding hydrogens is 442 g/mol. The number of rotatable bonds is 4. The minimum Gasteiger partial charge on any atom is -0.368 e. The lowest BCUT2D eigenvalue weighted by Crippen LogP contribution is -2.45. The van der Waals surface area contributed by atoms with Gasteiger partial charge in [0.1, 0.15) is 17.5 Å². The summed E-state index contributed by atoms with van der Waals surface area (Å²) in [5, 5.41) is 12.9. The quantitative estimate of drug-likeness (QED) is 0.469. The molecule has 1 aliphatic rings. The van der Waals surface area contributed by atoms with Gasteiger partial charge in [-0.1, -0.05) is 26.8 Å². The third kappa shape index (κ3) is 4.91. The van der Waals surface area contributed by atoms with E-state index in [1.54, 1.807) is 10.7 Å². The molecule has 0 fully saturated rings. The van der Waals surface area contributed by atoms with E-state index in [1.807, 2.05) is 39.0 Å². The standard InChI is InChI=1S/C24H26F2N6O2/c1-24(2,3)20-11-21(30-23(34)29-18-7-5-15(25)10-17(18)26)32(31-20)16-6-4-13-9-19(22(27)33)28-12-14(13)8-16/h4-8,10-11,19,28H,9,12H2,1-3H3,(H2,27,33)(H2,29,30,34). The molecule has 0 bridgehead atoms. The van der Waals surface area contributed by atoms with E-state index in [2.05, 4.69) is 21.0 Å². The number of hydrogen-bond donors (Lipinski definition) is 4. The fourth-order valence-corrected chi connectivity index (χ4v) is 3.73. The van der Waals surface area contributed by atoms with Crippen LogP contribution in [-0.2, 0) is 23.2 Å². The van der Waals surface area contributed by atoms with E-state index in [-0.39, 0.29) is 11.1 Å². The fourth-order valence-electron chi connectivity index (χ4n) is 3.73. The first kappa shape index (κ1) is 23.4. The highest BCUT2D eigenvalue weighted by Gasteiger charge is 2.25. The van der Waals surface area contributed by atoms with Gasteiger partial charge in [-0.3, -0.25) is 10.1 Å². The number of carbonyl (C=O) groups excluding carboxylic acids is 2. The van der Waals surface area contributed by atoms with Gasteiger partial charge in [-0.25, -0.2) is 18.3 Å². The molecule has 0 aliphatic carbocycles. The van der Waals surface area contributed by atoms with Crippen LogP contribution in [0.2, 0.25) is 0 Å². The Balaban J connectivity index is 1.63. The largest absolute Gasteiger partial charge is 0.368 e. The van der Waals surface area contributed by atoms with Gasteiger partial charge in [0.2, 0.25) is 5.91 Å². The van der Waals surface area contributed by atoms with Gasteiger partial charge >= 0.3 is 6.03 Å². The molecule has 1 atom stereocenters. The van der Waals surface area contributed by atoms with Gasteiger partial charge in [-0.05, 0) is 41.8 Å². The summed E-state index contributed by atoms with van der Waals surface area (Å²) < 4.78 is 28.7. The predicted octanol–water partition coefficient (Wildman–Crippen LogP) is 3.59. The van der Waals surface area contributed by atoms with Crippen LogP contribution in [0.4, 0.5) is 25.1 Å². The number of aromatic nitrogens is 2. The molecule has 3 aromatic rings. The van der Waals surface area contributed by atoms with Crippen LogP contribution in [-0.4, -0.2) is 27.8 Å². The van der Waals surface area contributed by atoms with Crippen LogP contribution in [0.3, 0.4) is 0 Å². The highest BCUT2D eigenvalue weighted by Crippen LogP contribution is 2.28. The third-order valence-electron chi connectivity index (χ3n) is 5.64. The van der Waals surface area contributed by atoms with E-state index in [4.69, 9.17) is 5.73 Å². The van der Waals surface area contributed by atoms with Crippen molar-refractivity contribution in [2.24, 2.45) is 5.73 Å². The lowest BCUT2D eigenvalue weighted by Gasteiger charge is -2.24. The van der Waals surface area contributed by atoms with E-state index in [0.29, 0.717) is 30.5 Å². The second-order valence-corrected chi connectivity index (χ2v) is 9.27. The number of carbonyl (C=O) groups is 2. The number of anilines is 2. The Kier molecular flexibility index (Phi) is 6.09. The van der Waals surface area contributed by atoms with E-state index >= 15 is 0 Å². The second kappa shape index (κ2) is 8.86. The molecule has 2 aromatic carbocycles. The molecule has 1 unspecified atom stereocenters. The molecule has 1 aromatic heterocycles. The van der Waals surface area contributed by atoms with Gasteiger partial charge in [0, 0.05) is 24.1 Å². The summed E-state index contributed by atoms with van der Waals surface area (Å²) in [6, 6.07) is 9.24. The number of nitrogens with one attached hydrogen (secondary N) is 3. The summed E-state index contributed by atoms with van der Waals surface area (Å²) in [5.74, 6) is -1.63. The lowest BCUT2D eigenvalue weighted by molar-refractivity contribution is -0.120. The fraction of sp³-hybridized carbons (Fsp3) is 0.292. The summed E-state index contributed by atoms with van der Waals surface area (Å²) in [4.78, 5) is 24.1. The zero-order chi connectivity index (χ0) is 24.6. The Hall–Kier alpha value is -3.79. The summed E-state index contributed by atoms with van der Waals surface area (Å²) in [6.07, 6.45) is 0.494. The number of nitrogens with two attached hydrogens (primary N) is 1. The van der Waals surface area contributed by atoms with Gasteiger partial charge in [-0.2, -0.15) is 5.10 Å². The second-order valence-electron chi connectivity index (χ2n) is 9.27. The maximum absolute atomic E-state index is 14.0. The van der Waals surface area contributed by atoms with Gasteiger partial charge in [0.15, 0.2) is 0 Å². The summed E-state index contributed by atoms with van der Waals surface area (Å²) in [6.45, 7) is 6.46. The monoisotopic (exact) mass is 468 g/mol. The summed E-state index contributed by atoms with van der Waals surface area (Å²) in [5.41, 5.74) is 8.42. The number of fused-ring (bicyclic) bond motifs is 1. The van der Waals surface area contributed by atoms with E-state index in [1.165, 1.54) is 0 Å². The summed E-state index contributed by atoms with van der Waals surface area (Å²) in [7, 11) is 0. The zero-order valence-electron chi connectivity index (χ0n) is 19.1. The zero-order valence-corrected chi connectivity index (χ0v) is 19.1. The van der Waals surface area contributed by atoms with Crippen molar-refractivity contribution in [3.63, 3.8) is 0 Å². The maximum Gasteiger partial charge on any atom is 0.324 e. The molecule has 0 saturated carbocycles. The van der Waals surface area contributed by atoms with Crippen molar-refractivity contribution in [2.75, 3.05) is 10.6 Å². The van der Waals surface area contributed by atoms with Crippen LogP contribution in [0.1, 0.15) is 37.6 Å². The Morgan fingerprint density at radius 2 is 1.85 bits per heavy atom. The lowest BCUT2D eigenvalue weighted by atomic mass is 9.92. The molecule has 0 radical (unpaired) electrons. The molecule has 2 heterocycles. The Morgan fingerprint density at radius 1 is 1.09 bits per heavy atom. The Labute approximate surface area is 195 Å². The molecular formula is C24H26F2N6O2. The molecule has 0 saturated heterocycles. The highest BCUT2D eigenvalue weighted by atomic mass is 19.1. The van der Waals surface area contributed by atoms with E-state index in [0.717, 1.165) is 29.0 Å². The minimum atomic E-state index is -0.879. The summed E-state index contributed by atoms with van der Waals surface area (Å²) >= 11 is 0. The molecule has 10 heteroatoms. The Bertz CT molecular complexity index is 1260. The van der Waals surface area contributed by atoms with Crippen LogP contribution in [0.25, 0.3) is 5.69 Å². The van der Waals surface area contributed by atoms with Crippen molar-refractivity contribution >= 4 is 23.4 Å². The highest BCUT2D eigenvalue weighted by molar-refractivity contribution is 5.99. The number of amides is 3. The SMILES string of the molecule is CC(C)(C)c1cc(NC(=O)Nc2ccc(F)cc2F)n(-c2ccc3c(c2)CNC(C(N)=O)C3)n1. The van der Waals surface area contributed by atoms with Gasteiger partial charge in [-0.15, -0.1) is 0 Å².